The molecule has 5 heteroatoms. The first kappa shape index (κ1) is 12.6. The molecule has 18 heavy (non-hydrogen) atoms. The number of hydrogen-bond donors (Lipinski definition) is 2. The first-order valence-corrected chi connectivity index (χ1v) is 6.16. The summed E-state index contributed by atoms with van der Waals surface area (Å²) in [6.07, 6.45) is 0. The van der Waals surface area contributed by atoms with Crippen LogP contribution >= 0.6 is 11.6 Å². The number of hydrogen-bond acceptors (Lipinski definition) is 2. The molecule has 0 unspecified atom stereocenters. The second kappa shape index (κ2) is 5.23. The van der Waals surface area contributed by atoms with Gasteiger partial charge in [0.15, 0.2) is 0 Å². The molecule has 0 aliphatic carbocycles. The third kappa shape index (κ3) is 2.71. The van der Waals surface area contributed by atoms with E-state index in [9.17, 15) is 0 Å². The summed E-state index contributed by atoms with van der Waals surface area (Å²) in [5, 5.41) is 0. The Morgan fingerprint density at radius 2 is 2.22 bits per heavy atom. The summed E-state index contributed by atoms with van der Waals surface area (Å²) >= 11 is 5.61. The Hall–Kier alpha value is -1.81. The lowest BCUT2D eigenvalue weighted by molar-refractivity contribution is 1.22. The Bertz CT molecular complexity index is 567. The van der Waals surface area contributed by atoms with Crippen molar-refractivity contribution >= 4 is 23.1 Å². The van der Waals surface area contributed by atoms with E-state index in [0.29, 0.717) is 5.84 Å². The predicted molar refractivity (Wildman–Crippen MR) is 75.5 cm³/mol. The van der Waals surface area contributed by atoms with Crippen LogP contribution in [0.25, 0.3) is 11.4 Å². The topological polar surface area (TPSA) is 67.1 Å². The number of aromatic nitrogens is 2. The fourth-order valence-corrected chi connectivity index (χ4v) is 1.66. The Kier molecular flexibility index (Phi) is 3.67. The summed E-state index contributed by atoms with van der Waals surface area (Å²) in [6, 6.07) is 7.71. The molecule has 0 spiro atoms. The van der Waals surface area contributed by atoms with Gasteiger partial charge in [-0.05, 0) is 26.0 Å². The Morgan fingerprint density at radius 3 is 2.83 bits per heavy atom. The van der Waals surface area contributed by atoms with Crippen molar-refractivity contribution in [1.29, 1.82) is 0 Å². The molecule has 2 aromatic rings. The van der Waals surface area contributed by atoms with Gasteiger partial charge in [-0.1, -0.05) is 12.1 Å². The highest BCUT2D eigenvalue weighted by molar-refractivity contribution is 6.28. The quantitative estimate of drug-likeness (QED) is 0.507. The number of nitrogens with zero attached hydrogens (tertiary/aromatic N) is 2. The number of H-pyrrole nitrogens is 1. The molecule has 0 radical (unpaired) electrons. The molecular formula is C13H15ClN4. The van der Waals surface area contributed by atoms with E-state index in [1.165, 1.54) is 0 Å². The lowest BCUT2D eigenvalue weighted by Crippen LogP contribution is -2.12. The van der Waals surface area contributed by atoms with Gasteiger partial charge in [0.25, 0.3) is 0 Å². The lowest BCUT2D eigenvalue weighted by atomic mass is 10.2. The van der Waals surface area contributed by atoms with Crippen LogP contribution in [0.15, 0.2) is 29.3 Å². The van der Waals surface area contributed by atoms with Gasteiger partial charge in [0.05, 0.1) is 17.3 Å². The molecule has 0 bridgehead atoms. The second-order valence-corrected chi connectivity index (χ2v) is 4.35. The highest BCUT2D eigenvalue weighted by Crippen LogP contribution is 2.22. The van der Waals surface area contributed by atoms with E-state index >= 15 is 0 Å². The van der Waals surface area contributed by atoms with Gasteiger partial charge in [0, 0.05) is 11.3 Å². The predicted octanol–water partition coefficient (Wildman–Crippen LogP) is 2.92. The van der Waals surface area contributed by atoms with E-state index in [4.69, 9.17) is 17.3 Å². The van der Waals surface area contributed by atoms with Crippen molar-refractivity contribution in [2.75, 3.05) is 5.88 Å². The number of aryl methyl sites for hydroxylation is 2. The van der Waals surface area contributed by atoms with Crippen LogP contribution < -0.4 is 5.73 Å². The van der Waals surface area contributed by atoms with Crippen LogP contribution in [-0.4, -0.2) is 21.7 Å². The highest BCUT2D eigenvalue weighted by Gasteiger charge is 2.05. The molecule has 0 aliphatic heterocycles. The van der Waals surface area contributed by atoms with Gasteiger partial charge in [-0.15, -0.1) is 11.6 Å². The summed E-state index contributed by atoms with van der Waals surface area (Å²) in [6.45, 7) is 3.97. The van der Waals surface area contributed by atoms with Crippen molar-refractivity contribution in [2.45, 2.75) is 13.8 Å². The molecule has 1 aromatic heterocycles. The third-order valence-corrected chi connectivity index (χ3v) is 2.93. The van der Waals surface area contributed by atoms with Crippen LogP contribution in [0.2, 0.25) is 0 Å². The van der Waals surface area contributed by atoms with Crippen LogP contribution in [0.4, 0.5) is 5.69 Å². The standard InChI is InChI=1S/C13H15ClN4/c1-8-9(2)17-13(16-8)10-4-3-5-11(6-10)18-12(15)7-14/h3-6H,7H2,1-2H3,(H2,15,18)(H,16,17). The molecule has 1 aromatic carbocycles. The van der Waals surface area contributed by atoms with E-state index in [-0.39, 0.29) is 5.88 Å². The Morgan fingerprint density at radius 1 is 1.44 bits per heavy atom. The van der Waals surface area contributed by atoms with Crippen molar-refractivity contribution in [3.8, 4) is 11.4 Å². The lowest BCUT2D eigenvalue weighted by Gasteiger charge is -2.00. The van der Waals surface area contributed by atoms with E-state index in [2.05, 4.69) is 15.0 Å². The molecule has 3 N–H and O–H groups in total. The van der Waals surface area contributed by atoms with Crippen molar-refractivity contribution < 1.29 is 0 Å². The molecule has 1 heterocycles. The van der Waals surface area contributed by atoms with Gasteiger partial charge in [-0.25, -0.2) is 9.98 Å². The molecule has 4 nitrogen and oxygen atoms in total. The maximum absolute atomic E-state index is 5.62. The van der Waals surface area contributed by atoms with Gasteiger partial charge in [-0.2, -0.15) is 0 Å². The summed E-state index contributed by atoms with van der Waals surface area (Å²) in [5.41, 5.74) is 9.44. The van der Waals surface area contributed by atoms with E-state index < -0.39 is 0 Å². The maximum atomic E-state index is 5.62. The number of nitrogens with two attached hydrogens (primary N) is 1. The summed E-state index contributed by atoms with van der Waals surface area (Å²) in [7, 11) is 0. The number of amidine groups is 1. The number of benzene rings is 1. The maximum Gasteiger partial charge on any atom is 0.137 e. The monoisotopic (exact) mass is 262 g/mol. The molecule has 0 saturated carbocycles. The number of aromatic amines is 1. The zero-order chi connectivity index (χ0) is 13.1. The zero-order valence-corrected chi connectivity index (χ0v) is 11.1. The van der Waals surface area contributed by atoms with Gasteiger partial charge < -0.3 is 10.7 Å². The largest absolute Gasteiger partial charge is 0.386 e. The van der Waals surface area contributed by atoms with Gasteiger partial charge in [0.2, 0.25) is 0 Å². The molecule has 94 valence electrons. The summed E-state index contributed by atoms with van der Waals surface area (Å²) in [4.78, 5) is 11.9. The molecule has 0 amide bonds. The number of nitrogens with one attached hydrogen (secondary N) is 1. The molecule has 0 saturated heterocycles. The molecular weight excluding hydrogens is 248 g/mol. The van der Waals surface area contributed by atoms with E-state index in [0.717, 1.165) is 28.5 Å². The summed E-state index contributed by atoms with van der Waals surface area (Å²) in [5.74, 6) is 1.47. The minimum atomic E-state index is 0.225. The second-order valence-electron chi connectivity index (χ2n) is 4.08. The van der Waals surface area contributed by atoms with Crippen LogP contribution in [0.3, 0.4) is 0 Å². The Balaban J connectivity index is 2.38. The first-order chi connectivity index (χ1) is 8.60. The summed E-state index contributed by atoms with van der Waals surface area (Å²) < 4.78 is 0. The average Bonchev–Trinajstić information content (AvgIpc) is 2.70. The third-order valence-electron chi connectivity index (χ3n) is 2.66. The number of aliphatic imine (C=N–C) groups is 1. The SMILES string of the molecule is Cc1nc(-c2cccc(N=C(N)CCl)c2)[nH]c1C. The Labute approximate surface area is 111 Å². The normalized spacial score (nSPS) is 11.8. The van der Waals surface area contributed by atoms with E-state index in [1.54, 1.807) is 0 Å². The zero-order valence-electron chi connectivity index (χ0n) is 10.4. The number of halogens is 1. The van der Waals surface area contributed by atoms with Gasteiger partial charge >= 0.3 is 0 Å². The number of alkyl halides is 1. The fraction of sp³-hybridized carbons (Fsp3) is 0.231. The number of rotatable bonds is 3. The smallest absolute Gasteiger partial charge is 0.137 e. The molecule has 2 rings (SSSR count). The van der Waals surface area contributed by atoms with Crippen molar-refractivity contribution in [3.63, 3.8) is 0 Å². The van der Waals surface area contributed by atoms with Crippen molar-refractivity contribution in [1.82, 2.24) is 9.97 Å². The van der Waals surface area contributed by atoms with Gasteiger partial charge in [-0.3, -0.25) is 0 Å². The molecule has 0 aliphatic rings. The van der Waals surface area contributed by atoms with Crippen LogP contribution in [-0.2, 0) is 0 Å². The van der Waals surface area contributed by atoms with Crippen LogP contribution in [0.5, 0.6) is 0 Å². The van der Waals surface area contributed by atoms with Gasteiger partial charge in [0.1, 0.15) is 11.7 Å². The fourth-order valence-electron chi connectivity index (χ4n) is 1.60. The van der Waals surface area contributed by atoms with E-state index in [1.807, 2.05) is 38.1 Å². The average molecular weight is 263 g/mol. The van der Waals surface area contributed by atoms with Crippen LogP contribution in [0.1, 0.15) is 11.4 Å². The van der Waals surface area contributed by atoms with Crippen molar-refractivity contribution in [2.24, 2.45) is 10.7 Å². The highest BCUT2D eigenvalue weighted by atomic mass is 35.5. The minimum Gasteiger partial charge on any atom is -0.386 e. The number of imidazole rings is 1. The molecule has 0 fully saturated rings. The van der Waals surface area contributed by atoms with Crippen LogP contribution in [0, 0.1) is 13.8 Å². The first-order valence-electron chi connectivity index (χ1n) is 5.63. The minimum absolute atomic E-state index is 0.225. The van der Waals surface area contributed by atoms with Crippen molar-refractivity contribution in [3.05, 3.63) is 35.7 Å². The molecule has 0 atom stereocenters.